The van der Waals surface area contributed by atoms with Gasteiger partial charge in [-0.3, -0.25) is 4.79 Å². The first-order chi connectivity index (χ1) is 13.3. The van der Waals surface area contributed by atoms with Gasteiger partial charge in [-0.1, -0.05) is 63.5 Å². The molecule has 0 amide bonds. The molecule has 1 saturated carbocycles. The summed E-state index contributed by atoms with van der Waals surface area (Å²) in [5, 5.41) is 20.4. The van der Waals surface area contributed by atoms with E-state index in [9.17, 15) is 19.8 Å². The maximum Gasteiger partial charge on any atom is 0.332 e. The summed E-state index contributed by atoms with van der Waals surface area (Å²) in [6.07, 6.45) is 7.52. The van der Waals surface area contributed by atoms with Crippen LogP contribution >= 0.6 is 0 Å². The lowest BCUT2D eigenvalue weighted by Gasteiger charge is -2.45. The minimum Gasteiger partial charge on any atom is -0.481 e. The third kappa shape index (κ3) is 3.19. The molecule has 2 atom stereocenters. The van der Waals surface area contributed by atoms with Gasteiger partial charge in [0.25, 0.3) is 0 Å². The van der Waals surface area contributed by atoms with Crippen LogP contribution in [0.4, 0.5) is 0 Å². The summed E-state index contributed by atoms with van der Waals surface area (Å²) in [7, 11) is 0. The van der Waals surface area contributed by atoms with Crippen molar-refractivity contribution in [1.29, 1.82) is 0 Å². The number of hydrogen-bond donors (Lipinski definition) is 2. The predicted molar refractivity (Wildman–Crippen MR) is 110 cm³/mol. The molecule has 2 unspecified atom stereocenters. The normalized spacial score (nSPS) is 26.1. The molecule has 0 bridgehead atoms. The topological polar surface area (TPSA) is 74.6 Å². The molecule has 28 heavy (non-hydrogen) atoms. The number of aliphatic carboxylic acids is 2. The largest absolute Gasteiger partial charge is 0.481 e. The van der Waals surface area contributed by atoms with Crippen molar-refractivity contribution in [2.75, 3.05) is 0 Å². The predicted octanol–water partition coefficient (Wildman–Crippen LogP) is 5.33. The van der Waals surface area contributed by atoms with Crippen LogP contribution in [-0.4, -0.2) is 22.2 Å². The SMILES string of the molecule is CCc1ccccc1C1=CC(C(=O)O)(C2CCCCC2)C(C)C(C(=O)O)=C1C. The van der Waals surface area contributed by atoms with Crippen LogP contribution in [0.25, 0.3) is 5.57 Å². The maximum atomic E-state index is 12.7. The number of aryl methyl sites for hydroxylation is 1. The van der Waals surface area contributed by atoms with Gasteiger partial charge in [-0.05, 0) is 54.4 Å². The molecule has 0 heterocycles. The Hall–Kier alpha value is -2.36. The molecular weight excluding hydrogens is 352 g/mol. The van der Waals surface area contributed by atoms with Gasteiger partial charge in [0.2, 0.25) is 0 Å². The van der Waals surface area contributed by atoms with Crippen molar-refractivity contribution in [3.8, 4) is 0 Å². The number of carbonyl (C=O) groups is 2. The average molecular weight is 383 g/mol. The first-order valence-corrected chi connectivity index (χ1v) is 10.3. The van der Waals surface area contributed by atoms with Gasteiger partial charge in [-0.25, -0.2) is 4.79 Å². The Morgan fingerprint density at radius 2 is 1.75 bits per heavy atom. The standard InChI is InChI=1S/C24H30O4/c1-4-17-10-8-9-13-19(17)20-14-24(23(27)28,18-11-6-5-7-12-18)16(3)21(15(20)2)22(25)26/h8-10,13-14,16,18H,4-7,11-12H2,1-3H3,(H,25,26)(H,27,28). The molecule has 1 fully saturated rings. The third-order valence-corrected chi connectivity index (χ3v) is 6.91. The molecule has 4 nitrogen and oxygen atoms in total. The van der Waals surface area contributed by atoms with Gasteiger partial charge in [-0.2, -0.15) is 0 Å². The van der Waals surface area contributed by atoms with Gasteiger partial charge in [0.05, 0.1) is 5.41 Å². The second kappa shape index (κ2) is 7.94. The van der Waals surface area contributed by atoms with E-state index in [-0.39, 0.29) is 11.5 Å². The number of allylic oxidation sites excluding steroid dienone is 2. The average Bonchev–Trinajstić information content (AvgIpc) is 2.68. The number of hydrogen-bond acceptors (Lipinski definition) is 2. The smallest absolute Gasteiger partial charge is 0.332 e. The van der Waals surface area contributed by atoms with Gasteiger partial charge in [-0.15, -0.1) is 0 Å². The molecule has 150 valence electrons. The molecule has 0 aromatic heterocycles. The van der Waals surface area contributed by atoms with Gasteiger partial charge < -0.3 is 10.2 Å². The van der Waals surface area contributed by atoms with Crippen LogP contribution in [-0.2, 0) is 16.0 Å². The van der Waals surface area contributed by atoms with E-state index in [1.54, 1.807) is 6.92 Å². The van der Waals surface area contributed by atoms with E-state index in [2.05, 4.69) is 6.92 Å². The number of carboxylic acid groups (broad SMARTS) is 2. The molecule has 0 radical (unpaired) electrons. The summed E-state index contributed by atoms with van der Waals surface area (Å²) in [4.78, 5) is 25.0. The highest BCUT2D eigenvalue weighted by atomic mass is 16.4. The number of benzene rings is 1. The fraction of sp³-hybridized carbons (Fsp3) is 0.500. The second-order valence-electron chi connectivity index (χ2n) is 8.21. The number of rotatable bonds is 5. The molecule has 3 rings (SSSR count). The van der Waals surface area contributed by atoms with Crippen LogP contribution in [0, 0.1) is 17.3 Å². The highest BCUT2D eigenvalue weighted by molar-refractivity contribution is 5.99. The lowest BCUT2D eigenvalue weighted by molar-refractivity contribution is -0.153. The van der Waals surface area contributed by atoms with Gasteiger partial charge in [0.15, 0.2) is 0 Å². The molecule has 1 aromatic carbocycles. The quantitative estimate of drug-likeness (QED) is 0.721. The van der Waals surface area contributed by atoms with E-state index in [0.717, 1.165) is 55.2 Å². The summed E-state index contributed by atoms with van der Waals surface area (Å²) in [5.41, 5.74) is 2.60. The maximum absolute atomic E-state index is 12.7. The summed E-state index contributed by atoms with van der Waals surface area (Å²) in [6.45, 7) is 5.67. The van der Waals surface area contributed by atoms with Crippen LogP contribution in [0.5, 0.6) is 0 Å². The Balaban J connectivity index is 2.29. The van der Waals surface area contributed by atoms with E-state index in [1.165, 1.54) is 0 Å². The van der Waals surface area contributed by atoms with Crippen LogP contribution in [0.15, 0.2) is 41.5 Å². The molecular formula is C24H30O4. The zero-order chi connectivity index (χ0) is 20.5. The van der Waals surface area contributed by atoms with E-state index in [4.69, 9.17) is 0 Å². The molecule has 4 heteroatoms. The summed E-state index contributed by atoms with van der Waals surface area (Å²) in [5.74, 6) is -2.52. The molecule has 0 aliphatic heterocycles. The lowest BCUT2D eigenvalue weighted by Crippen LogP contribution is -2.47. The van der Waals surface area contributed by atoms with Crippen molar-refractivity contribution in [2.45, 2.75) is 59.3 Å². The molecule has 2 aliphatic carbocycles. The van der Waals surface area contributed by atoms with Crippen molar-refractivity contribution in [1.82, 2.24) is 0 Å². The lowest BCUT2D eigenvalue weighted by atomic mass is 9.57. The fourth-order valence-electron chi connectivity index (χ4n) is 5.37. The number of carboxylic acids is 2. The van der Waals surface area contributed by atoms with Crippen molar-refractivity contribution < 1.29 is 19.8 Å². The monoisotopic (exact) mass is 382 g/mol. The minimum absolute atomic E-state index is 0.0417. The molecule has 2 aliphatic rings. The van der Waals surface area contributed by atoms with E-state index < -0.39 is 23.3 Å². The highest BCUT2D eigenvalue weighted by Crippen LogP contribution is 2.53. The highest BCUT2D eigenvalue weighted by Gasteiger charge is 2.53. The molecule has 1 aromatic rings. The van der Waals surface area contributed by atoms with Crippen molar-refractivity contribution in [3.05, 3.63) is 52.6 Å². The zero-order valence-corrected chi connectivity index (χ0v) is 17.0. The molecule has 0 spiro atoms. The third-order valence-electron chi connectivity index (χ3n) is 6.91. The van der Waals surface area contributed by atoms with Gasteiger partial charge >= 0.3 is 11.9 Å². The molecule has 2 N–H and O–H groups in total. The Kier molecular flexibility index (Phi) is 5.78. The Morgan fingerprint density at radius 1 is 1.11 bits per heavy atom. The van der Waals surface area contributed by atoms with Crippen LogP contribution in [0.1, 0.15) is 64.0 Å². The fourth-order valence-corrected chi connectivity index (χ4v) is 5.37. The Bertz CT molecular complexity index is 842. The molecule has 0 saturated heterocycles. The van der Waals surface area contributed by atoms with E-state index >= 15 is 0 Å². The van der Waals surface area contributed by atoms with Crippen LogP contribution in [0.2, 0.25) is 0 Å². The van der Waals surface area contributed by atoms with Gasteiger partial charge in [0.1, 0.15) is 0 Å². The van der Waals surface area contributed by atoms with Crippen molar-refractivity contribution in [2.24, 2.45) is 17.3 Å². The van der Waals surface area contributed by atoms with Crippen molar-refractivity contribution >= 4 is 17.5 Å². The second-order valence-corrected chi connectivity index (χ2v) is 8.21. The zero-order valence-electron chi connectivity index (χ0n) is 17.0. The van der Waals surface area contributed by atoms with Crippen LogP contribution < -0.4 is 0 Å². The Morgan fingerprint density at radius 3 is 2.32 bits per heavy atom. The first-order valence-electron chi connectivity index (χ1n) is 10.3. The summed E-state index contributed by atoms with van der Waals surface area (Å²) in [6, 6.07) is 7.92. The van der Waals surface area contributed by atoms with E-state index in [1.807, 2.05) is 37.3 Å². The van der Waals surface area contributed by atoms with E-state index in [0.29, 0.717) is 5.57 Å². The van der Waals surface area contributed by atoms with Crippen molar-refractivity contribution in [3.63, 3.8) is 0 Å². The first kappa shape index (κ1) is 20.4. The van der Waals surface area contributed by atoms with Gasteiger partial charge in [0, 0.05) is 11.5 Å². The minimum atomic E-state index is -1.18. The Labute approximate surface area is 167 Å². The summed E-state index contributed by atoms with van der Waals surface area (Å²) >= 11 is 0. The summed E-state index contributed by atoms with van der Waals surface area (Å²) < 4.78 is 0. The van der Waals surface area contributed by atoms with Crippen LogP contribution in [0.3, 0.4) is 0 Å².